The van der Waals surface area contributed by atoms with Crippen molar-refractivity contribution in [3.05, 3.63) is 51.4 Å². The van der Waals surface area contributed by atoms with Gasteiger partial charge in [-0.2, -0.15) is 0 Å². The van der Waals surface area contributed by atoms with E-state index in [1.54, 1.807) is 0 Å². The Kier molecular flexibility index (Phi) is 4.30. The van der Waals surface area contributed by atoms with Crippen LogP contribution in [0.3, 0.4) is 0 Å². The number of aromatic nitrogens is 2. The Morgan fingerprint density at radius 1 is 1.18 bits per heavy atom. The zero-order valence-corrected chi connectivity index (χ0v) is 11.8. The van der Waals surface area contributed by atoms with Gasteiger partial charge in [0.05, 0.1) is 0 Å². The molecule has 0 fully saturated rings. The molecule has 1 aromatic carbocycles. The van der Waals surface area contributed by atoms with Gasteiger partial charge in [-0.15, -0.1) is 0 Å². The minimum absolute atomic E-state index is 0.694. The zero-order valence-electron chi connectivity index (χ0n) is 9.65. The van der Waals surface area contributed by atoms with E-state index in [0.717, 1.165) is 16.5 Å². The predicted octanol–water partition coefficient (Wildman–Crippen LogP) is 3.04. The third kappa shape index (κ3) is 3.66. The van der Waals surface area contributed by atoms with E-state index in [-0.39, 0.29) is 0 Å². The van der Waals surface area contributed by atoms with Gasteiger partial charge < -0.3 is 5.32 Å². The molecule has 0 amide bonds. The van der Waals surface area contributed by atoms with Gasteiger partial charge in [0.1, 0.15) is 0 Å². The fraction of sp³-hybridized carbons (Fsp3) is 0.231. The molecule has 4 heteroatoms. The fourth-order valence-corrected chi connectivity index (χ4v) is 1.88. The van der Waals surface area contributed by atoms with Crippen molar-refractivity contribution in [3.63, 3.8) is 0 Å². The molecule has 0 atom stereocenters. The molecule has 1 heterocycles. The summed E-state index contributed by atoms with van der Waals surface area (Å²) in [5.74, 6) is 0.694. The number of anilines is 1. The first-order chi connectivity index (χ1) is 8.25. The second-order valence-electron chi connectivity index (χ2n) is 3.83. The molecule has 0 saturated carbocycles. The monoisotopic (exact) mass is 339 g/mol. The number of nitrogens with zero attached hydrogens (tertiary/aromatic N) is 2. The quantitative estimate of drug-likeness (QED) is 0.870. The number of halogens is 1. The van der Waals surface area contributed by atoms with Gasteiger partial charge in [0, 0.05) is 22.5 Å². The Morgan fingerprint density at radius 2 is 1.88 bits per heavy atom. The lowest BCUT2D eigenvalue weighted by atomic mass is 10.1. The molecule has 2 rings (SSSR count). The molecule has 88 valence electrons. The maximum Gasteiger partial charge on any atom is 0.222 e. The summed E-state index contributed by atoms with van der Waals surface area (Å²) in [5.41, 5.74) is 2.70. The summed E-state index contributed by atoms with van der Waals surface area (Å²) in [6.07, 6.45) is 4.61. The summed E-state index contributed by atoms with van der Waals surface area (Å²) in [5, 5.41) is 3.22. The average Bonchev–Trinajstić information content (AvgIpc) is 2.34. The molecule has 0 bridgehead atoms. The van der Waals surface area contributed by atoms with Crippen LogP contribution in [0.4, 0.5) is 5.95 Å². The largest absolute Gasteiger partial charge is 0.354 e. The van der Waals surface area contributed by atoms with Crippen molar-refractivity contribution in [2.45, 2.75) is 13.3 Å². The summed E-state index contributed by atoms with van der Waals surface area (Å²) in [6.45, 7) is 2.99. The molecule has 0 aliphatic rings. The predicted molar refractivity (Wildman–Crippen MR) is 78.1 cm³/mol. The summed E-state index contributed by atoms with van der Waals surface area (Å²) < 4.78 is 1.05. The van der Waals surface area contributed by atoms with Crippen LogP contribution in [-0.2, 0) is 6.42 Å². The third-order valence-electron chi connectivity index (χ3n) is 2.56. The van der Waals surface area contributed by atoms with Gasteiger partial charge in [-0.05, 0) is 47.1 Å². The van der Waals surface area contributed by atoms with Crippen LogP contribution in [-0.4, -0.2) is 16.5 Å². The molecule has 0 aliphatic heterocycles. The van der Waals surface area contributed by atoms with E-state index in [1.165, 1.54) is 11.1 Å². The van der Waals surface area contributed by atoms with Gasteiger partial charge in [-0.3, -0.25) is 0 Å². The van der Waals surface area contributed by atoms with E-state index in [9.17, 15) is 0 Å². The van der Waals surface area contributed by atoms with Crippen LogP contribution in [0.15, 0.2) is 36.7 Å². The van der Waals surface area contributed by atoms with Crippen molar-refractivity contribution < 1.29 is 0 Å². The Morgan fingerprint density at radius 3 is 2.59 bits per heavy atom. The van der Waals surface area contributed by atoms with Crippen LogP contribution in [0, 0.1) is 10.5 Å². The zero-order chi connectivity index (χ0) is 12.1. The van der Waals surface area contributed by atoms with Gasteiger partial charge in [-0.1, -0.05) is 24.3 Å². The molecule has 0 unspecified atom stereocenters. The molecule has 1 N–H and O–H groups in total. The van der Waals surface area contributed by atoms with Crippen LogP contribution in [0.2, 0.25) is 0 Å². The molecule has 0 spiro atoms. The Balaban J connectivity index is 1.88. The summed E-state index contributed by atoms with van der Waals surface area (Å²) in [4.78, 5) is 8.40. The van der Waals surface area contributed by atoms with Crippen LogP contribution in [0.1, 0.15) is 11.1 Å². The van der Waals surface area contributed by atoms with Crippen molar-refractivity contribution in [3.8, 4) is 0 Å². The first-order valence-corrected chi connectivity index (χ1v) is 6.59. The van der Waals surface area contributed by atoms with Crippen LogP contribution in [0.5, 0.6) is 0 Å². The van der Waals surface area contributed by atoms with Gasteiger partial charge in [0.15, 0.2) is 0 Å². The van der Waals surface area contributed by atoms with Crippen LogP contribution >= 0.6 is 22.6 Å². The van der Waals surface area contributed by atoms with E-state index >= 15 is 0 Å². The van der Waals surface area contributed by atoms with Gasteiger partial charge in [-0.25, -0.2) is 9.97 Å². The minimum Gasteiger partial charge on any atom is -0.354 e. The number of aryl methyl sites for hydroxylation is 1. The highest BCUT2D eigenvalue weighted by molar-refractivity contribution is 14.1. The molecular formula is C13H14IN3. The topological polar surface area (TPSA) is 37.8 Å². The molecule has 17 heavy (non-hydrogen) atoms. The van der Waals surface area contributed by atoms with E-state index in [1.807, 2.05) is 12.4 Å². The minimum atomic E-state index is 0.694. The smallest absolute Gasteiger partial charge is 0.222 e. The SMILES string of the molecule is Cc1ccccc1CCNc1ncc(I)cn1. The van der Waals surface area contributed by atoms with Crippen LogP contribution in [0.25, 0.3) is 0 Å². The number of benzene rings is 1. The summed E-state index contributed by atoms with van der Waals surface area (Å²) >= 11 is 2.20. The highest BCUT2D eigenvalue weighted by atomic mass is 127. The summed E-state index contributed by atoms with van der Waals surface area (Å²) in [6, 6.07) is 8.43. The average molecular weight is 339 g/mol. The second kappa shape index (κ2) is 5.95. The van der Waals surface area contributed by atoms with E-state index in [2.05, 4.69) is 69.1 Å². The molecular weight excluding hydrogens is 325 g/mol. The van der Waals surface area contributed by atoms with E-state index in [0.29, 0.717) is 5.95 Å². The standard InChI is InChI=1S/C13H14IN3/c1-10-4-2-3-5-11(10)6-7-15-13-16-8-12(14)9-17-13/h2-5,8-9H,6-7H2,1H3,(H,15,16,17). The second-order valence-corrected chi connectivity index (χ2v) is 5.07. The highest BCUT2D eigenvalue weighted by Gasteiger charge is 1.98. The van der Waals surface area contributed by atoms with Crippen molar-refractivity contribution in [1.82, 2.24) is 9.97 Å². The van der Waals surface area contributed by atoms with Gasteiger partial charge >= 0.3 is 0 Å². The van der Waals surface area contributed by atoms with Crippen molar-refractivity contribution in [2.24, 2.45) is 0 Å². The lowest BCUT2D eigenvalue weighted by Gasteiger charge is -2.06. The number of hydrogen-bond donors (Lipinski definition) is 1. The van der Waals surface area contributed by atoms with Gasteiger partial charge in [0.2, 0.25) is 5.95 Å². The summed E-state index contributed by atoms with van der Waals surface area (Å²) in [7, 11) is 0. The molecule has 1 aromatic heterocycles. The first kappa shape index (κ1) is 12.3. The fourth-order valence-electron chi connectivity index (χ4n) is 1.60. The first-order valence-electron chi connectivity index (χ1n) is 5.51. The third-order valence-corrected chi connectivity index (χ3v) is 3.12. The number of nitrogens with one attached hydrogen (secondary N) is 1. The van der Waals surface area contributed by atoms with Crippen molar-refractivity contribution in [1.29, 1.82) is 0 Å². The number of rotatable bonds is 4. The lowest BCUT2D eigenvalue weighted by molar-refractivity contribution is 0.972. The highest BCUT2D eigenvalue weighted by Crippen LogP contribution is 2.08. The normalized spacial score (nSPS) is 10.2. The van der Waals surface area contributed by atoms with Gasteiger partial charge in [0.25, 0.3) is 0 Å². The lowest BCUT2D eigenvalue weighted by Crippen LogP contribution is -2.08. The molecule has 0 saturated heterocycles. The molecule has 3 nitrogen and oxygen atoms in total. The maximum absolute atomic E-state index is 4.20. The van der Waals surface area contributed by atoms with E-state index in [4.69, 9.17) is 0 Å². The van der Waals surface area contributed by atoms with Crippen molar-refractivity contribution >= 4 is 28.5 Å². The van der Waals surface area contributed by atoms with Crippen LogP contribution < -0.4 is 5.32 Å². The Hall–Kier alpha value is -1.17. The Labute approximate surface area is 115 Å². The Bertz CT molecular complexity index is 482. The maximum atomic E-state index is 4.20. The molecule has 0 radical (unpaired) electrons. The van der Waals surface area contributed by atoms with Crippen molar-refractivity contribution in [2.75, 3.05) is 11.9 Å². The molecule has 0 aliphatic carbocycles. The number of hydrogen-bond acceptors (Lipinski definition) is 3. The van der Waals surface area contributed by atoms with E-state index < -0.39 is 0 Å². The molecule has 2 aromatic rings.